The van der Waals surface area contributed by atoms with E-state index in [1.165, 1.54) is 55.6 Å². The van der Waals surface area contributed by atoms with Crippen LogP contribution in [0.3, 0.4) is 0 Å². The lowest BCUT2D eigenvalue weighted by Crippen LogP contribution is -2.02. The van der Waals surface area contributed by atoms with E-state index in [0.29, 0.717) is 30.5 Å². The number of rotatable bonds is 18. The Kier molecular flexibility index (Phi) is 12.3. The molecule has 0 saturated heterocycles. The molecule has 4 aromatic rings. The van der Waals surface area contributed by atoms with Crippen molar-refractivity contribution in [3.05, 3.63) is 97.1 Å². The van der Waals surface area contributed by atoms with Crippen LogP contribution >= 0.6 is 0 Å². The van der Waals surface area contributed by atoms with Gasteiger partial charge in [0.25, 0.3) is 0 Å². The molecule has 0 atom stereocenters. The fourth-order valence-corrected chi connectivity index (χ4v) is 7.25. The van der Waals surface area contributed by atoms with E-state index in [2.05, 4.69) is 0 Å². The van der Waals surface area contributed by atoms with Crippen LogP contribution in [0.5, 0.6) is 23.0 Å². The number of hydrogen-bond acceptors (Lipinski definition) is 8. The fourth-order valence-electron chi connectivity index (χ4n) is 4.73. The number of methoxy groups -OCH3 is 1. The molecule has 8 nitrogen and oxygen atoms in total. The Bertz CT molecular complexity index is 1680. The topological polar surface area (TPSA) is 116 Å². The Morgan fingerprint density at radius 2 is 0.733 bits per heavy atom. The Balaban J connectivity index is 1.03. The monoisotopic (exact) mass is 652 g/mol. The van der Waals surface area contributed by atoms with Crippen LogP contribution < -0.4 is 14.2 Å². The van der Waals surface area contributed by atoms with Gasteiger partial charge < -0.3 is 19.3 Å². The molecule has 1 N–H and O–H groups in total. The van der Waals surface area contributed by atoms with Gasteiger partial charge in [0, 0.05) is 0 Å². The van der Waals surface area contributed by atoms with E-state index in [1.807, 2.05) is 0 Å². The van der Waals surface area contributed by atoms with Crippen molar-refractivity contribution in [1.82, 2.24) is 0 Å². The lowest BCUT2D eigenvalue weighted by atomic mass is 10.1. The van der Waals surface area contributed by atoms with Gasteiger partial charge in [-0.05, 0) is 110 Å². The molecule has 0 bridgehead atoms. The minimum Gasteiger partial charge on any atom is -0.508 e. The van der Waals surface area contributed by atoms with E-state index in [0.717, 1.165) is 51.4 Å². The van der Waals surface area contributed by atoms with Crippen molar-refractivity contribution >= 4 is 19.7 Å². The van der Waals surface area contributed by atoms with Crippen LogP contribution in [0.4, 0.5) is 0 Å². The second-order valence-corrected chi connectivity index (χ2v) is 14.5. The molecular weight excluding hydrogens is 613 g/mol. The fraction of sp³-hybridized carbons (Fsp3) is 0.314. The summed E-state index contributed by atoms with van der Waals surface area (Å²) in [5.41, 5.74) is 0. The highest BCUT2D eigenvalue weighted by molar-refractivity contribution is 7.91. The summed E-state index contributed by atoms with van der Waals surface area (Å²) in [5.74, 6) is 1.91. The van der Waals surface area contributed by atoms with Crippen LogP contribution in [0.2, 0.25) is 0 Å². The summed E-state index contributed by atoms with van der Waals surface area (Å²) in [6, 6.07) is 24.8. The van der Waals surface area contributed by atoms with Crippen LogP contribution in [0.25, 0.3) is 0 Å². The molecule has 0 spiro atoms. The largest absolute Gasteiger partial charge is 0.508 e. The van der Waals surface area contributed by atoms with Crippen molar-refractivity contribution in [3.63, 3.8) is 0 Å². The lowest BCUT2D eigenvalue weighted by molar-refractivity contribution is 0.301. The molecule has 0 radical (unpaired) electrons. The number of ether oxygens (including phenoxy) is 3. The summed E-state index contributed by atoms with van der Waals surface area (Å²) in [7, 11) is -5.70. The summed E-state index contributed by atoms with van der Waals surface area (Å²) < 4.78 is 67.8. The molecule has 0 unspecified atom stereocenters. The Hall–Kier alpha value is -4.02. The second-order valence-electron chi connectivity index (χ2n) is 10.6. The average Bonchev–Trinajstić information content (AvgIpc) is 3.06. The van der Waals surface area contributed by atoms with Crippen molar-refractivity contribution in [2.24, 2.45) is 0 Å². The van der Waals surface area contributed by atoms with Crippen LogP contribution in [-0.2, 0) is 19.7 Å². The van der Waals surface area contributed by atoms with Gasteiger partial charge in [0.05, 0.1) is 39.9 Å². The zero-order chi connectivity index (χ0) is 32.1. The van der Waals surface area contributed by atoms with Gasteiger partial charge >= 0.3 is 0 Å². The van der Waals surface area contributed by atoms with Crippen LogP contribution in [0.15, 0.2) is 117 Å². The number of aromatic hydroxyl groups is 1. The van der Waals surface area contributed by atoms with Gasteiger partial charge in [-0.3, -0.25) is 0 Å². The smallest absolute Gasteiger partial charge is 0.206 e. The third-order valence-corrected chi connectivity index (χ3v) is 10.9. The standard InChI is InChI=1S/C35H40O8S2/c1-41-29-12-20-33(21-13-29)45(39,40)35-24-16-31(17-25-35)43-27-9-7-5-3-2-4-6-8-26-42-30-14-22-34(23-15-30)44(37,38)32-18-10-28(36)11-19-32/h10-25,36H,2-9,26-27H2,1H3. The summed E-state index contributed by atoms with van der Waals surface area (Å²) in [6.45, 7) is 1.17. The van der Waals surface area contributed by atoms with E-state index in [9.17, 15) is 21.9 Å². The van der Waals surface area contributed by atoms with Crippen LogP contribution in [0, 0.1) is 0 Å². The maximum Gasteiger partial charge on any atom is 0.206 e. The van der Waals surface area contributed by atoms with Crippen LogP contribution in [-0.4, -0.2) is 42.3 Å². The predicted octanol–water partition coefficient (Wildman–Crippen LogP) is 7.65. The molecule has 0 heterocycles. The molecule has 0 fully saturated rings. The number of hydrogen-bond donors (Lipinski definition) is 1. The molecule has 4 aromatic carbocycles. The molecule has 240 valence electrons. The lowest BCUT2D eigenvalue weighted by Gasteiger charge is -2.09. The van der Waals surface area contributed by atoms with Gasteiger partial charge in [0.2, 0.25) is 19.7 Å². The first kappa shape index (κ1) is 33.9. The highest BCUT2D eigenvalue weighted by Crippen LogP contribution is 2.26. The first-order chi connectivity index (χ1) is 21.7. The minimum absolute atomic E-state index is 0.0177. The first-order valence-electron chi connectivity index (χ1n) is 15.1. The van der Waals surface area contributed by atoms with E-state index in [-0.39, 0.29) is 25.3 Å². The van der Waals surface area contributed by atoms with Crippen molar-refractivity contribution in [1.29, 1.82) is 0 Å². The van der Waals surface area contributed by atoms with Gasteiger partial charge in [0.1, 0.15) is 23.0 Å². The molecule has 4 rings (SSSR count). The SMILES string of the molecule is COc1ccc(S(=O)(=O)c2ccc(OCCCCCCCCCCOc3ccc(S(=O)(=O)c4ccc(O)cc4)cc3)cc2)cc1. The number of phenols is 1. The third kappa shape index (κ3) is 9.73. The van der Waals surface area contributed by atoms with E-state index in [4.69, 9.17) is 14.2 Å². The van der Waals surface area contributed by atoms with Crippen molar-refractivity contribution in [2.75, 3.05) is 20.3 Å². The average molecular weight is 653 g/mol. The number of phenolic OH excluding ortho intramolecular Hbond substituents is 1. The minimum atomic E-state index is -3.64. The van der Waals surface area contributed by atoms with E-state index >= 15 is 0 Å². The van der Waals surface area contributed by atoms with Crippen molar-refractivity contribution < 1.29 is 36.2 Å². The van der Waals surface area contributed by atoms with Gasteiger partial charge in [0.15, 0.2) is 0 Å². The maximum atomic E-state index is 12.8. The van der Waals surface area contributed by atoms with Gasteiger partial charge in [-0.1, -0.05) is 38.5 Å². The summed E-state index contributed by atoms with van der Waals surface area (Å²) in [5, 5.41) is 9.39. The highest BCUT2D eigenvalue weighted by atomic mass is 32.2. The molecule has 0 amide bonds. The van der Waals surface area contributed by atoms with E-state index in [1.54, 1.807) is 48.5 Å². The zero-order valence-corrected chi connectivity index (χ0v) is 27.1. The molecule has 10 heteroatoms. The number of sulfone groups is 2. The Morgan fingerprint density at radius 3 is 1.07 bits per heavy atom. The Labute approximate surface area is 266 Å². The summed E-state index contributed by atoms with van der Waals surface area (Å²) in [6.07, 6.45) is 8.61. The summed E-state index contributed by atoms with van der Waals surface area (Å²) >= 11 is 0. The van der Waals surface area contributed by atoms with Gasteiger partial charge in [-0.15, -0.1) is 0 Å². The van der Waals surface area contributed by atoms with Crippen LogP contribution in [0.1, 0.15) is 51.4 Å². The zero-order valence-electron chi connectivity index (χ0n) is 25.4. The van der Waals surface area contributed by atoms with Gasteiger partial charge in [-0.2, -0.15) is 0 Å². The van der Waals surface area contributed by atoms with E-state index < -0.39 is 19.7 Å². The number of unbranched alkanes of at least 4 members (excludes halogenated alkanes) is 7. The molecule has 0 saturated carbocycles. The molecule has 0 aliphatic carbocycles. The molecule has 0 aliphatic heterocycles. The Morgan fingerprint density at radius 1 is 0.444 bits per heavy atom. The molecule has 0 aromatic heterocycles. The maximum absolute atomic E-state index is 12.8. The quantitative estimate of drug-likeness (QED) is 0.109. The molecule has 45 heavy (non-hydrogen) atoms. The summed E-state index contributed by atoms with van der Waals surface area (Å²) in [4.78, 5) is 0.754. The predicted molar refractivity (Wildman–Crippen MR) is 173 cm³/mol. The third-order valence-electron chi connectivity index (χ3n) is 7.36. The van der Waals surface area contributed by atoms with Crippen molar-refractivity contribution in [2.45, 2.75) is 70.9 Å². The molecule has 0 aliphatic rings. The molecular formula is C35H40O8S2. The van der Waals surface area contributed by atoms with Gasteiger partial charge in [-0.25, -0.2) is 16.8 Å². The number of benzene rings is 4. The van der Waals surface area contributed by atoms with Crippen molar-refractivity contribution in [3.8, 4) is 23.0 Å². The normalized spacial score (nSPS) is 11.7. The second kappa shape index (κ2) is 16.3. The highest BCUT2D eigenvalue weighted by Gasteiger charge is 2.18. The first-order valence-corrected chi connectivity index (χ1v) is 18.1.